The number of carbonyl (C=O) groups is 2. The van der Waals surface area contributed by atoms with Crippen molar-refractivity contribution >= 4 is 23.5 Å². The van der Waals surface area contributed by atoms with Crippen molar-refractivity contribution in [2.75, 3.05) is 7.11 Å². The van der Waals surface area contributed by atoms with E-state index < -0.39 is 12.0 Å². The van der Waals surface area contributed by atoms with Crippen LogP contribution in [-0.2, 0) is 9.53 Å². The molecule has 5 heteroatoms. The van der Waals surface area contributed by atoms with Gasteiger partial charge in [0, 0.05) is 10.6 Å². The van der Waals surface area contributed by atoms with Gasteiger partial charge in [-0.3, -0.25) is 4.79 Å². The van der Waals surface area contributed by atoms with E-state index in [1.54, 1.807) is 24.3 Å². The number of amides is 1. The standard InChI is InChI=1S/C14H18ClNO3/c1-3-4-5-12(14(18)19-2)16-13(17)10-6-8-11(15)9-7-10/h6-9,12H,3-5H2,1-2H3,(H,16,17)/t12-/m0/s1. The predicted molar refractivity (Wildman–Crippen MR) is 74.2 cm³/mol. The lowest BCUT2D eigenvalue weighted by molar-refractivity contribution is -0.143. The molecular formula is C14H18ClNO3. The largest absolute Gasteiger partial charge is 0.467 e. The monoisotopic (exact) mass is 283 g/mol. The normalized spacial score (nSPS) is 11.7. The van der Waals surface area contributed by atoms with Crippen molar-refractivity contribution in [1.29, 1.82) is 0 Å². The van der Waals surface area contributed by atoms with Crippen LogP contribution in [0.15, 0.2) is 24.3 Å². The van der Waals surface area contributed by atoms with Crippen molar-refractivity contribution in [3.63, 3.8) is 0 Å². The quantitative estimate of drug-likeness (QED) is 0.817. The summed E-state index contributed by atoms with van der Waals surface area (Å²) in [6, 6.07) is 5.90. The minimum atomic E-state index is -0.604. The number of esters is 1. The van der Waals surface area contributed by atoms with Gasteiger partial charge in [-0.15, -0.1) is 0 Å². The summed E-state index contributed by atoms with van der Waals surface area (Å²) in [5.41, 5.74) is 0.467. The van der Waals surface area contributed by atoms with Crippen LogP contribution < -0.4 is 5.32 Å². The first-order chi connectivity index (χ1) is 9.08. The maximum atomic E-state index is 12.0. The average molecular weight is 284 g/mol. The molecule has 0 saturated heterocycles. The van der Waals surface area contributed by atoms with Gasteiger partial charge in [-0.2, -0.15) is 0 Å². The van der Waals surface area contributed by atoms with E-state index >= 15 is 0 Å². The fourth-order valence-corrected chi connectivity index (χ4v) is 1.77. The van der Waals surface area contributed by atoms with Crippen molar-refractivity contribution in [2.45, 2.75) is 32.2 Å². The molecule has 1 atom stereocenters. The average Bonchev–Trinajstić information content (AvgIpc) is 2.43. The molecule has 0 heterocycles. The molecular weight excluding hydrogens is 266 g/mol. The first kappa shape index (κ1) is 15.5. The van der Waals surface area contributed by atoms with Gasteiger partial charge >= 0.3 is 5.97 Å². The molecule has 0 fully saturated rings. The van der Waals surface area contributed by atoms with E-state index in [0.717, 1.165) is 12.8 Å². The van der Waals surface area contributed by atoms with E-state index in [9.17, 15) is 9.59 Å². The van der Waals surface area contributed by atoms with Crippen LogP contribution in [0.4, 0.5) is 0 Å². The van der Waals surface area contributed by atoms with E-state index in [1.165, 1.54) is 7.11 Å². The molecule has 19 heavy (non-hydrogen) atoms. The van der Waals surface area contributed by atoms with Crippen molar-refractivity contribution in [3.05, 3.63) is 34.9 Å². The van der Waals surface area contributed by atoms with E-state index in [4.69, 9.17) is 16.3 Å². The van der Waals surface area contributed by atoms with E-state index in [1.807, 2.05) is 6.92 Å². The smallest absolute Gasteiger partial charge is 0.328 e. The fraction of sp³-hybridized carbons (Fsp3) is 0.429. The van der Waals surface area contributed by atoms with Gasteiger partial charge < -0.3 is 10.1 Å². The molecule has 0 bridgehead atoms. The molecule has 0 saturated carbocycles. The Labute approximate surface area is 118 Å². The molecule has 0 aliphatic carbocycles. The summed E-state index contributed by atoms with van der Waals surface area (Å²) in [6.07, 6.45) is 2.37. The molecule has 0 aliphatic heterocycles. The second-order valence-corrected chi connectivity index (χ2v) is 4.63. The number of ether oxygens (including phenoxy) is 1. The lowest BCUT2D eigenvalue weighted by Crippen LogP contribution is -2.41. The summed E-state index contributed by atoms with van der Waals surface area (Å²) >= 11 is 5.76. The molecule has 0 aromatic heterocycles. The number of benzene rings is 1. The number of halogens is 1. The number of carbonyl (C=O) groups excluding carboxylic acids is 2. The van der Waals surface area contributed by atoms with Crippen LogP contribution in [0, 0.1) is 0 Å². The maximum absolute atomic E-state index is 12.0. The van der Waals surface area contributed by atoms with E-state index in [0.29, 0.717) is 17.0 Å². The summed E-state index contributed by atoms with van der Waals surface area (Å²) < 4.78 is 4.69. The second-order valence-electron chi connectivity index (χ2n) is 4.20. The third kappa shape index (κ3) is 4.91. The highest BCUT2D eigenvalue weighted by Crippen LogP contribution is 2.10. The van der Waals surface area contributed by atoms with Crippen LogP contribution in [0.1, 0.15) is 36.5 Å². The number of hydrogen-bond acceptors (Lipinski definition) is 3. The number of nitrogens with one attached hydrogen (secondary N) is 1. The number of methoxy groups -OCH3 is 1. The van der Waals surface area contributed by atoms with Crippen LogP contribution in [0.3, 0.4) is 0 Å². The summed E-state index contributed by atoms with van der Waals surface area (Å²) in [5, 5.41) is 3.24. The van der Waals surface area contributed by atoms with Crippen LogP contribution in [0.5, 0.6) is 0 Å². The van der Waals surface area contributed by atoms with Gasteiger partial charge in [0.2, 0.25) is 0 Å². The first-order valence-corrected chi connectivity index (χ1v) is 6.60. The van der Waals surface area contributed by atoms with Crippen LogP contribution in [0.2, 0.25) is 5.02 Å². The second kappa shape index (κ2) is 7.79. The minimum absolute atomic E-state index is 0.303. The zero-order valence-corrected chi connectivity index (χ0v) is 11.9. The summed E-state index contributed by atoms with van der Waals surface area (Å²) in [7, 11) is 1.32. The Bertz CT molecular complexity index is 431. The molecule has 0 aliphatic rings. The van der Waals surface area contributed by atoms with Gasteiger partial charge in [-0.05, 0) is 30.7 Å². The molecule has 0 spiro atoms. The molecule has 1 N–H and O–H groups in total. The van der Waals surface area contributed by atoms with Crippen LogP contribution in [-0.4, -0.2) is 25.0 Å². The Morgan fingerprint density at radius 3 is 2.47 bits per heavy atom. The van der Waals surface area contributed by atoms with Gasteiger partial charge in [0.25, 0.3) is 5.91 Å². The Morgan fingerprint density at radius 1 is 1.32 bits per heavy atom. The molecule has 1 aromatic rings. The van der Waals surface area contributed by atoms with E-state index in [2.05, 4.69) is 5.32 Å². The molecule has 1 rings (SSSR count). The topological polar surface area (TPSA) is 55.4 Å². The lowest BCUT2D eigenvalue weighted by atomic mass is 10.1. The summed E-state index contributed by atoms with van der Waals surface area (Å²) in [5.74, 6) is -0.723. The highest BCUT2D eigenvalue weighted by atomic mass is 35.5. The third-order valence-corrected chi connectivity index (χ3v) is 3.00. The molecule has 1 amide bonds. The van der Waals surface area contributed by atoms with Gasteiger partial charge in [-0.25, -0.2) is 4.79 Å². The van der Waals surface area contributed by atoms with Gasteiger partial charge in [-0.1, -0.05) is 31.4 Å². The third-order valence-electron chi connectivity index (χ3n) is 2.74. The van der Waals surface area contributed by atoms with Crippen molar-refractivity contribution in [1.82, 2.24) is 5.32 Å². The number of unbranched alkanes of at least 4 members (excludes halogenated alkanes) is 1. The predicted octanol–water partition coefficient (Wildman–Crippen LogP) is 2.80. The van der Waals surface area contributed by atoms with Crippen LogP contribution in [0.25, 0.3) is 0 Å². The number of hydrogen-bond donors (Lipinski definition) is 1. The Balaban J connectivity index is 2.69. The molecule has 0 unspecified atom stereocenters. The Kier molecular flexibility index (Phi) is 6.36. The van der Waals surface area contributed by atoms with Crippen molar-refractivity contribution in [3.8, 4) is 0 Å². The maximum Gasteiger partial charge on any atom is 0.328 e. The van der Waals surface area contributed by atoms with E-state index in [-0.39, 0.29) is 5.91 Å². The lowest BCUT2D eigenvalue weighted by Gasteiger charge is -2.16. The molecule has 0 radical (unpaired) electrons. The highest BCUT2D eigenvalue weighted by Gasteiger charge is 2.21. The van der Waals surface area contributed by atoms with Crippen molar-refractivity contribution in [2.24, 2.45) is 0 Å². The van der Waals surface area contributed by atoms with Gasteiger partial charge in [0.15, 0.2) is 0 Å². The van der Waals surface area contributed by atoms with Crippen LogP contribution >= 0.6 is 11.6 Å². The van der Waals surface area contributed by atoms with Gasteiger partial charge in [0.1, 0.15) is 6.04 Å². The first-order valence-electron chi connectivity index (χ1n) is 6.22. The Morgan fingerprint density at radius 2 is 1.95 bits per heavy atom. The SMILES string of the molecule is CCCC[C@H](NC(=O)c1ccc(Cl)cc1)C(=O)OC. The zero-order valence-electron chi connectivity index (χ0n) is 11.1. The molecule has 1 aromatic carbocycles. The zero-order chi connectivity index (χ0) is 14.3. The number of rotatable bonds is 6. The minimum Gasteiger partial charge on any atom is -0.467 e. The summed E-state index contributed by atoms with van der Waals surface area (Å²) in [6.45, 7) is 2.02. The fourth-order valence-electron chi connectivity index (χ4n) is 1.64. The highest BCUT2D eigenvalue weighted by molar-refractivity contribution is 6.30. The molecule has 104 valence electrons. The van der Waals surface area contributed by atoms with Gasteiger partial charge in [0.05, 0.1) is 7.11 Å². The Hall–Kier alpha value is -1.55. The summed E-state index contributed by atoms with van der Waals surface area (Å²) in [4.78, 5) is 23.6. The van der Waals surface area contributed by atoms with Crippen molar-refractivity contribution < 1.29 is 14.3 Å². The molecule has 4 nitrogen and oxygen atoms in total.